The second kappa shape index (κ2) is 3.10. The predicted octanol–water partition coefficient (Wildman–Crippen LogP) is 0.0741. The highest BCUT2D eigenvalue weighted by Crippen LogP contribution is 2.30. The smallest absolute Gasteiger partial charge is 0.216 e. The van der Waals surface area contributed by atoms with Crippen LogP contribution in [-0.2, 0) is 10.2 Å². The summed E-state index contributed by atoms with van der Waals surface area (Å²) in [6.45, 7) is -0.253. The molecule has 1 aliphatic rings. The lowest BCUT2D eigenvalue weighted by Gasteiger charge is -2.36. The summed E-state index contributed by atoms with van der Waals surface area (Å²) >= 11 is 0. The van der Waals surface area contributed by atoms with Crippen LogP contribution in [0.5, 0.6) is 0 Å². The lowest BCUT2D eigenvalue weighted by atomic mass is 9.99. The van der Waals surface area contributed by atoms with E-state index < -0.39 is 28.7 Å². The van der Waals surface area contributed by atoms with Crippen molar-refractivity contribution in [2.45, 2.75) is 12.6 Å². The van der Waals surface area contributed by atoms with Gasteiger partial charge in [-0.3, -0.25) is 0 Å². The Labute approximate surface area is 73.7 Å². The third kappa shape index (κ3) is 3.12. The SMILES string of the molecule is NS(=O)(=O)N1CC(CC(F)(F)F)C1. The minimum atomic E-state index is -4.23. The molecule has 0 amide bonds. The molecule has 0 spiro atoms. The standard InChI is InChI=1S/C5H9F3N2O2S/c6-5(7,8)1-4-2-10(3-4)13(9,11)12/h4H,1-3H2,(H2,9,11,12). The maximum absolute atomic E-state index is 11.8. The molecule has 0 bridgehead atoms. The molecule has 1 rings (SSSR count). The molecule has 1 aliphatic heterocycles. The second-order valence-corrected chi connectivity index (χ2v) is 4.59. The van der Waals surface area contributed by atoms with Gasteiger partial charge in [0.2, 0.25) is 0 Å². The Hall–Kier alpha value is -0.340. The zero-order valence-electron chi connectivity index (χ0n) is 6.58. The van der Waals surface area contributed by atoms with Gasteiger partial charge in [0.25, 0.3) is 10.2 Å². The largest absolute Gasteiger partial charge is 0.389 e. The maximum atomic E-state index is 11.8. The summed E-state index contributed by atoms with van der Waals surface area (Å²) in [5.41, 5.74) is 0. The highest BCUT2D eigenvalue weighted by atomic mass is 32.2. The first kappa shape index (κ1) is 10.7. The molecule has 1 heterocycles. The number of alkyl halides is 3. The van der Waals surface area contributed by atoms with Crippen LogP contribution in [-0.4, -0.2) is 32.0 Å². The minimum absolute atomic E-state index is 0.127. The number of hydrogen-bond donors (Lipinski definition) is 1. The summed E-state index contributed by atoms with van der Waals surface area (Å²) in [6, 6.07) is 0. The Morgan fingerprint density at radius 3 is 2.15 bits per heavy atom. The monoisotopic (exact) mass is 218 g/mol. The lowest BCUT2D eigenvalue weighted by molar-refractivity contribution is -0.151. The van der Waals surface area contributed by atoms with E-state index in [4.69, 9.17) is 0 Å². The van der Waals surface area contributed by atoms with Gasteiger partial charge in [-0.25, -0.2) is 5.14 Å². The van der Waals surface area contributed by atoms with Crippen LogP contribution in [0, 0.1) is 5.92 Å². The average Bonchev–Trinajstić information content (AvgIpc) is 1.71. The molecule has 0 aromatic heterocycles. The van der Waals surface area contributed by atoms with Crippen molar-refractivity contribution < 1.29 is 21.6 Å². The molecule has 1 saturated heterocycles. The average molecular weight is 218 g/mol. The maximum Gasteiger partial charge on any atom is 0.389 e. The van der Waals surface area contributed by atoms with Gasteiger partial charge in [0.05, 0.1) is 0 Å². The molecule has 78 valence electrons. The molecule has 0 saturated carbocycles. The van der Waals surface area contributed by atoms with E-state index in [1.165, 1.54) is 0 Å². The summed E-state index contributed by atoms with van der Waals surface area (Å²) < 4.78 is 57.2. The lowest BCUT2D eigenvalue weighted by Crippen LogP contribution is -2.53. The van der Waals surface area contributed by atoms with Crippen molar-refractivity contribution in [2.24, 2.45) is 11.1 Å². The van der Waals surface area contributed by atoms with Crippen LogP contribution in [0.3, 0.4) is 0 Å². The molecule has 0 aliphatic carbocycles. The Balaban J connectivity index is 2.35. The van der Waals surface area contributed by atoms with E-state index in [1.54, 1.807) is 0 Å². The molecule has 0 atom stereocenters. The fourth-order valence-corrected chi connectivity index (χ4v) is 2.02. The molecule has 0 radical (unpaired) electrons. The first-order chi connectivity index (χ1) is 5.68. The minimum Gasteiger partial charge on any atom is -0.216 e. The quantitative estimate of drug-likeness (QED) is 0.713. The van der Waals surface area contributed by atoms with Gasteiger partial charge in [0, 0.05) is 19.5 Å². The van der Waals surface area contributed by atoms with E-state index in [9.17, 15) is 21.6 Å². The first-order valence-corrected chi connectivity index (χ1v) is 5.03. The Morgan fingerprint density at radius 1 is 1.38 bits per heavy atom. The fraction of sp³-hybridized carbons (Fsp3) is 1.00. The van der Waals surface area contributed by atoms with Crippen molar-refractivity contribution in [1.82, 2.24) is 4.31 Å². The van der Waals surface area contributed by atoms with Gasteiger partial charge >= 0.3 is 6.18 Å². The summed E-state index contributed by atoms with van der Waals surface area (Å²) in [5, 5.41) is 4.68. The van der Waals surface area contributed by atoms with Crippen molar-refractivity contribution in [3.05, 3.63) is 0 Å². The molecule has 0 aromatic rings. The summed E-state index contributed by atoms with van der Waals surface area (Å²) in [6.07, 6.45) is -5.17. The van der Waals surface area contributed by atoms with E-state index >= 15 is 0 Å². The molecule has 0 unspecified atom stereocenters. The fourth-order valence-electron chi connectivity index (χ4n) is 1.19. The van der Waals surface area contributed by atoms with Crippen LogP contribution >= 0.6 is 0 Å². The van der Waals surface area contributed by atoms with E-state index in [2.05, 4.69) is 5.14 Å². The molecule has 2 N–H and O–H groups in total. The number of halogens is 3. The van der Waals surface area contributed by atoms with E-state index in [-0.39, 0.29) is 13.1 Å². The number of nitrogens with zero attached hydrogens (tertiary/aromatic N) is 1. The van der Waals surface area contributed by atoms with E-state index in [1.807, 2.05) is 0 Å². The van der Waals surface area contributed by atoms with Crippen LogP contribution in [0.2, 0.25) is 0 Å². The van der Waals surface area contributed by atoms with Crippen LogP contribution in [0.15, 0.2) is 0 Å². The molecule has 8 heteroatoms. The zero-order chi connectivity index (χ0) is 10.3. The number of rotatable bonds is 2. The molecule has 13 heavy (non-hydrogen) atoms. The van der Waals surface area contributed by atoms with Crippen molar-refractivity contribution in [1.29, 1.82) is 0 Å². The zero-order valence-corrected chi connectivity index (χ0v) is 7.40. The molecule has 1 fully saturated rings. The first-order valence-electron chi connectivity index (χ1n) is 3.53. The Bertz CT molecular complexity index is 281. The van der Waals surface area contributed by atoms with Crippen molar-refractivity contribution in [2.75, 3.05) is 13.1 Å². The third-order valence-electron chi connectivity index (χ3n) is 1.80. The van der Waals surface area contributed by atoms with Crippen LogP contribution in [0.1, 0.15) is 6.42 Å². The van der Waals surface area contributed by atoms with Gasteiger partial charge in [0.15, 0.2) is 0 Å². The van der Waals surface area contributed by atoms with Gasteiger partial charge in [0.1, 0.15) is 0 Å². The number of nitrogens with two attached hydrogens (primary N) is 1. The molecule has 0 aromatic carbocycles. The van der Waals surface area contributed by atoms with Crippen molar-refractivity contribution in [3.63, 3.8) is 0 Å². The van der Waals surface area contributed by atoms with E-state index in [0.717, 1.165) is 4.31 Å². The van der Waals surface area contributed by atoms with Gasteiger partial charge in [-0.05, 0) is 5.92 Å². The van der Waals surface area contributed by atoms with Crippen molar-refractivity contribution >= 4 is 10.2 Å². The van der Waals surface area contributed by atoms with Gasteiger partial charge < -0.3 is 0 Å². The molecule has 4 nitrogen and oxygen atoms in total. The Kier molecular flexibility index (Phi) is 2.56. The normalized spacial score (nSPS) is 21.5. The van der Waals surface area contributed by atoms with Crippen LogP contribution in [0.25, 0.3) is 0 Å². The second-order valence-electron chi connectivity index (χ2n) is 3.05. The molecular formula is C5H9F3N2O2S. The van der Waals surface area contributed by atoms with Gasteiger partial charge in [-0.1, -0.05) is 0 Å². The highest BCUT2D eigenvalue weighted by Gasteiger charge is 2.41. The topological polar surface area (TPSA) is 63.4 Å². The molecular weight excluding hydrogens is 209 g/mol. The highest BCUT2D eigenvalue weighted by molar-refractivity contribution is 7.86. The summed E-state index contributed by atoms with van der Waals surface area (Å²) in [4.78, 5) is 0. The summed E-state index contributed by atoms with van der Waals surface area (Å²) in [5.74, 6) is -0.640. The predicted molar refractivity (Wildman–Crippen MR) is 38.8 cm³/mol. The van der Waals surface area contributed by atoms with Crippen LogP contribution < -0.4 is 5.14 Å². The van der Waals surface area contributed by atoms with Crippen LogP contribution in [0.4, 0.5) is 13.2 Å². The van der Waals surface area contributed by atoms with Gasteiger partial charge in [-0.2, -0.15) is 25.9 Å². The summed E-state index contributed by atoms with van der Waals surface area (Å²) in [7, 11) is -3.79. The van der Waals surface area contributed by atoms with E-state index in [0.29, 0.717) is 0 Å². The number of hydrogen-bond acceptors (Lipinski definition) is 2. The van der Waals surface area contributed by atoms with Crippen molar-refractivity contribution in [3.8, 4) is 0 Å². The third-order valence-corrected chi connectivity index (χ3v) is 2.82. The Morgan fingerprint density at radius 2 is 1.85 bits per heavy atom. The van der Waals surface area contributed by atoms with Gasteiger partial charge in [-0.15, -0.1) is 0 Å².